The summed E-state index contributed by atoms with van der Waals surface area (Å²) in [6, 6.07) is 6.18. The van der Waals surface area contributed by atoms with Gasteiger partial charge in [-0.2, -0.15) is 0 Å². The SMILES string of the molecule is Cc1ccc(C(=O)NC2CCC(C)(C)CC2)c(Br)c1. The van der Waals surface area contributed by atoms with Crippen molar-refractivity contribution < 1.29 is 4.79 Å². The van der Waals surface area contributed by atoms with Crippen molar-refractivity contribution in [3.05, 3.63) is 33.8 Å². The van der Waals surface area contributed by atoms with Crippen molar-refractivity contribution in [2.24, 2.45) is 5.41 Å². The van der Waals surface area contributed by atoms with E-state index in [0.29, 0.717) is 11.5 Å². The molecule has 1 fully saturated rings. The second-order valence-corrected chi connectivity index (χ2v) is 7.25. The normalized spacial score (nSPS) is 19.2. The molecule has 1 aromatic rings. The summed E-state index contributed by atoms with van der Waals surface area (Å²) in [5, 5.41) is 3.16. The molecule has 0 heterocycles. The van der Waals surface area contributed by atoms with Gasteiger partial charge in [-0.1, -0.05) is 19.9 Å². The molecule has 0 unspecified atom stereocenters. The zero-order valence-electron chi connectivity index (χ0n) is 11.9. The Bertz CT molecular complexity index is 472. The fourth-order valence-electron chi connectivity index (χ4n) is 2.61. The summed E-state index contributed by atoms with van der Waals surface area (Å²) in [7, 11) is 0. The van der Waals surface area contributed by atoms with Crippen LogP contribution in [0.2, 0.25) is 0 Å². The van der Waals surface area contributed by atoms with Crippen LogP contribution in [0.4, 0.5) is 0 Å². The third-order valence-electron chi connectivity index (χ3n) is 4.04. The fourth-order valence-corrected chi connectivity index (χ4v) is 3.28. The van der Waals surface area contributed by atoms with Crippen molar-refractivity contribution in [2.75, 3.05) is 0 Å². The van der Waals surface area contributed by atoms with Gasteiger partial charge in [-0.25, -0.2) is 0 Å². The fraction of sp³-hybridized carbons (Fsp3) is 0.562. The summed E-state index contributed by atoms with van der Waals surface area (Å²) in [6.45, 7) is 6.64. The summed E-state index contributed by atoms with van der Waals surface area (Å²) in [5.74, 6) is 0.0385. The predicted octanol–water partition coefficient (Wildman–Crippen LogP) is 4.46. The highest BCUT2D eigenvalue weighted by atomic mass is 79.9. The van der Waals surface area contributed by atoms with Crippen molar-refractivity contribution in [2.45, 2.75) is 52.5 Å². The van der Waals surface area contributed by atoms with Crippen molar-refractivity contribution >= 4 is 21.8 Å². The Kier molecular flexibility index (Phi) is 4.34. The molecular formula is C16H22BrNO. The number of carbonyl (C=O) groups is 1. The van der Waals surface area contributed by atoms with Crippen molar-refractivity contribution in [3.63, 3.8) is 0 Å². The minimum atomic E-state index is 0.0385. The summed E-state index contributed by atoms with van der Waals surface area (Å²) >= 11 is 3.47. The maximum Gasteiger partial charge on any atom is 0.252 e. The Balaban J connectivity index is 1.98. The van der Waals surface area contributed by atoms with Crippen LogP contribution in [-0.4, -0.2) is 11.9 Å². The Morgan fingerprint density at radius 3 is 2.53 bits per heavy atom. The Morgan fingerprint density at radius 1 is 1.32 bits per heavy atom. The molecule has 1 aliphatic carbocycles. The van der Waals surface area contributed by atoms with Crippen LogP contribution < -0.4 is 5.32 Å². The van der Waals surface area contributed by atoms with E-state index in [1.807, 2.05) is 25.1 Å². The van der Waals surface area contributed by atoms with Gasteiger partial charge in [0.15, 0.2) is 0 Å². The number of hydrogen-bond acceptors (Lipinski definition) is 1. The lowest BCUT2D eigenvalue weighted by molar-refractivity contribution is 0.0908. The number of nitrogens with one attached hydrogen (secondary N) is 1. The highest BCUT2D eigenvalue weighted by molar-refractivity contribution is 9.10. The Hall–Kier alpha value is -0.830. The number of halogens is 1. The average molecular weight is 324 g/mol. The van der Waals surface area contributed by atoms with Crippen LogP contribution in [0.1, 0.15) is 55.5 Å². The van der Waals surface area contributed by atoms with Gasteiger partial charge < -0.3 is 5.32 Å². The average Bonchev–Trinajstić information content (AvgIpc) is 2.31. The monoisotopic (exact) mass is 323 g/mol. The van der Waals surface area contributed by atoms with E-state index in [-0.39, 0.29) is 5.91 Å². The molecule has 3 heteroatoms. The van der Waals surface area contributed by atoms with E-state index in [0.717, 1.165) is 28.4 Å². The van der Waals surface area contributed by atoms with Gasteiger partial charge in [0, 0.05) is 10.5 Å². The number of aryl methyl sites for hydroxylation is 1. The predicted molar refractivity (Wildman–Crippen MR) is 82.4 cm³/mol. The summed E-state index contributed by atoms with van der Waals surface area (Å²) in [5.41, 5.74) is 2.32. The zero-order valence-corrected chi connectivity index (χ0v) is 13.5. The lowest BCUT2D eigenvalue weighted by Crippen LogP contribution is -2.39. The second kappa shape index (κ2) is 5.66. The third-order valence-corrected chi connectivity index (χ3v) is 4.70. The molecule has 0 saturated heterocycles. The van der Waals surface area contributed by atoms with Crippen LogP contribution >= 0.6 is 15.9 Å². The van der Waals surface area contributed by atoms with Gasteiger partial charge in [-0.15, -0.1) is 0 Å². The summed E-state index contributed by atoms with van der Waals surface area (Å²) in [4.78, 5) is 12.3. The first-order valence-corrected chi connectivity index (χ1v) is 7.74. The third kappa shape index (κ3) is 3.82. The Morgan fingerprint density at radius 2 is 1.95 bits per heavy atom. The lowest BCUT2D eigenvalue weighted by atomic mass is 9.75. The van der Waals surface area contributed by atoms with Crippen LogP contribution in [0.3, 0.4) is 0 Å². The smallest absolute Gasteiger partial charge is 0.252 e. The van der Waals surface area contributed by atoms with Crippen molar-refractivity contribution in [1.82, 2.24) is 5.32 Å². The van der Waals surface area contributed by atoms with Gasteiger partial charge >= 0.3 is 0 Å². The van der Waals surface area contributed by atoms with Gasteiger partial charge in [-0.3, -0.25) is 4.79 Å². The molecule has 19 heavy (non-hydrogen) atoms. The number of benzene rings is 1. The molecule has 0 aromatic heterocycles. The molecule has 0 spiro atoms. The summed E-state index contributed by atoms with van der Waals surface area (Å²) in [6.07, 6.45) is 4.55. The zero-order chi connectivity index (χ0) is 14.0. The lowest BCUT2D eigenvalue weighted by Gasteiger charge is -2.34. The van der Waals surface area contributed by atoms with E-state index >= 15 is 0 Å². The standard InChI is InChI=1S/C16H22BrNO/c1-11-4-5-13(14(17)10-11)15(19)18-12-6-8-16(2,3)9-7-12/h4-5,10,12H,6-9H2,1-3H3,(H,18,19). The maximum atomic E-state index is 12.3. The first-order chi connectivity index (χ1) is 8.87. The number of hydrogen-bond donors (Lipinski definition) is 1. The topological polar surface area (TPSA) is 29.1 Å². The van der Waals surface area contributed by atoms with Gasteiger partial charge in [0.1, 0.15) is 0 Å². The van der Waals surface area contributed by atoms with Crippen molar-refractivity contribution in [3.8, 4) is 0 Å². The highest BCUT2D eigenvalue weighted by Gasteiger charge is 2.27. The molecule has 1 saturated carbocycles. The maximum absolute atomic E-state index is 12.3. The number of carbonyl (C=O) groups excluding carboxylic acids is 1. The molecule has 2 nitrogen and oxygen atoms in total. The minimum absolute atomic E-state index is 0.0385. The van der Waals surface area contributed by atoms with Crippen molar-refractivity contribution in [1.29, 1.82) is 0 Å². The van der Waals surface area contributed by atoms with Gasteiger partial charge in [0.05, 0.1) is 5.56 Å². The molecule has 1 N–H and O–H groups in total. The molecule has 1 amide bonds. The molecule has 0 atom stereocenters. The molecule has 0 radical (unpaired) electrons. The number of rotatable bonds is 2. The van der Waals surface area contributed by atoms with Gasteiger partial charge in [-0.05, 0) is 71.6 Å². The Labute approximate surface area is 124 Å². The van der Waals surface area contributed by atoms with E-state index in [9.17, 15) is 4.79 Å². The largest absolute Gasteiger partial charge is 0.349 e. The van der Waals surface area contributed by atoms with Gasteiger partial charge in [0.2, 0.25) is 0 Å². The van der Waals surface area contributed by atoms with Crippen LogP contribution in [0.5, 0.6) is 0 Å². The molecular weight excluding hydrogens is 302 g/mol. The molecule has 0 bridgehead atoms. The first kappa shape index (κ1) is 14.6. The minimum Gasteiger partial charge on any atom is -0.349 e. The van der Waals surface area contributed by atoms with Crippen LogP contribution in [0.25, 0.3) is 0 Å². The summed E-state index contributed by atoms with van der Waals surface area (Å²) < 4.78 is 0.876. The molecule has 1 aliphatic rings. The van der Waals surface area contributed by atoms with E-state index in [1.165, 1.54) is 12.8 Å². The van der Waals surface area contributed by atoms with Crippen LogP contribution in [0.15, 0.2) is 22.7 Å². The van der Waals surface area contributed by atoms with E-state index in [1.54, 1.807) is 0 Å². The van der Waals surface area contributed by atoms with Crippen LogP contribution in [-0.2, 0) is 0 Å². The van der Waals surface area contributed by atoms with Crippen LogP contribution in [0, 0.1) is 12.3 Å². The highest BCUT2D eigenvalue weighted by Crippen LogP contribution is 2.35. The van der Waals surface area contributed by atoms with Gasteiger partial charge in [0.25, 0.3) is 5.91 Å². The van der Waals surface area contributed by atoms with E-state index < -0.39 is 0 Å². The number of amides is 1. The van der Waals surface area contributed by atoms with E-state index in [2.05, 4.69) is 35.1 Å². The quantitative estimate of drug-likeness (QED) is 0.855. The molecule has 0 aliphatic heterocycles. The molecule has 1 aromatic carbocycles. The second-order valence-electron chi connectivity index (χ2n) is 6.40. The molecule has 104 valence electrons. The van der Waals surface area contributed by atoms with E-state index in [4.69, 9.17) is 0 Å². The molecule has 2 rings (SSSR count). The first-order valence-electron chi connectivity index (χ1n) is 6.94.